The molecule has 2 atom stereocenters. The van der Waals surface area contributed by atoms with Crippen LogP contribution in [0.5, 0.6) is 0 Å². The molecule has 4 nitrogen and oxygen atoms in total. The first-order chi connectivity index (χ1) is 8.74. The summed E-state index contributed by atoms with van der Waals surface area (Å²) in [5, 5.41) is 0. The SMILES string of the molecule is NC1CC2CCC(C1)N2C(=O)C=Cc1ccco1. The summed E-state index contributed by atoms with van der Waals surface area (Å²) in [6.45, 7) is 0. The minimum absolute atomic E-state index is 0.0887. The molecule has 3 heterocycles. The highest BCUT2D eigenvalue weighted by atomic mass is 16.3. The fourth-order valence-corrected chi connectivity index (χ4v) is 3.20. The maximum atomic E-state index is 12.2. The zero-order valence-corrected chi connectivity index (χ0v) is 10.3. The van der Waals surface area contributed by atoms with Gasteiger partial charge in [0.05, 0.1) is 6.26 Å². The van der Waals surface area contributed by atoms with E-state index < -0.39 is 0 Å². The van der Waals surface area contributed by atoms with Crippen molar-refractivity contribution in [3.05, 3.63) is 30.2 Å². The number of carbonyl (C=O) groups excluding carboxylic acids is 1. The summed E-state index contributed by atoms with van der Waals surface area (Å²) in [4.78, 5) is 14.2. The number of fused-ring (bicyclic) bond motifs is 2. The Hall–Kier alpha value is -1.55. The highest BCUT2D eigenvalue weighted by Crippen LogP contribution is 2.35. The summed E-state index contributed by atoms with van der Waals surface area (Å²) in [6, 6.07) is 4.60. The molecule has 0 saturated carbocycles. The number of carbonyl (C=O) groups is 1. The van der Waals surface area contributed by atoms with Gasteiger partial charge in [0.2, 0.25) is 5.91 Å². The molecule has 2 unspecified atom stereocenters. The van der Waals surface area contributed by atoms with Crippen LogP contribution in [0.15, 0.2) is 28.9 Å². The van der Waals surface area contributed by atoms with Crippen LogP contribution in [0, 0.1) is 0 Å². The molecule has 0 aromatic carbocycles. The number of nitrogens with two attached hydrogens (primary N) is 1. The van der Waals surface area contributed by atoms with Gasteiger partial charge in [-0.2, -0.15) is 0 Å². The van der Waals surface area contributed by atoms with E-state index in [9.17, 15) is 4.79 Å². The van der Waals surface area contributed by atoms with E-state index >= 15 is 0 Å². The van der Waals surface area contributed by atoms with Gasteiger partial charge in [-0.05, 0) is 43.9 Å². The van der Waals surface area contributed by atoms with Crippen molar-refractivity contribution in [2.45, 2.75) is 43.8 Å². The van der Waals surface area contributed by atoms with Crippen molar-refractivity contribution in [3.8, 4) is 0 Å². The molecule has 1 aromatic heterocycles. The van der Waals surface area contributed by atoms with Crippen molar-refractivity contribution < 1.29 is 9.21 Å². The van der Waals surface area contributed by atoms with Crippen LogP contribution in [0.3, 0.4) is 0 Å². The molecule has 2 N–H and O–H groups in total. The Bertz CT molecular complexity index is 438. The molecular formula is C14H18N2O2. The topological polar surface area (TPSA) is 59.5 Å². The van der Waals surface area contributed by atoms with E-state index in [0.717, 1.165) is 25.7 Å². The predicted octanol–water partition coefficient (Wildman–Crippen LogP) is 1.77. The van der Waals surface area contributed by atoms with Crippen LogP contribution in [-0.2, 0) is 4.79 Å². The minimum Gasteiger partial charge on any atom is -0.465 e. The van der Waals surface area contributed by atoms with E-state index in [-0.39, 0.29) is 11.9 Å². The lowest BCUT2D eigenvalue weighted by molar-refractivity contribution is -0.130. The molecule has 2 bridgehead atoms. The van der Waals surface area contributed by atoms with Gasteiger partial charge >= 0.3 is 0 Å². The van der Waals surface area contributed by atoms with Gasteiger partial charge in [-0.1, -0.05) is 0 Å². The van der Waals surface area contributed by atoms with Crippen molar-refractivity contribution in [2.75, 3.05) is 0 Å². The molecule has 3 rings (SSSR count). The summed E-state index contributed by atoms with van der Waals surface area (Å²) in [6.07, 6.45) is 9.02. The Kier molecular flexibility index (Phi) is 2.96. The van der Waals surface area contributed by atoms with Crippen molar-refractivity contribution in [1.82, 2.24) is 4.90 Å². The second kappa shape index (κ2) is 4.61. The molecule has 2 fully saturated rings. The van der Waals surface area contributed by atoms with Gasteiger partial charge < -0.3 is 15.1 Å². The Labute approximate surface area is 106 Å². The normalized spacial score (nSPS) is 31.2. The molecular weight excluding hydrogens is 228 g/mol. The van der Waals surface area contributed by atoms with Crippen LogP contribution >= 0.6 is 0 Å². The zero-order valence-electron chi connectivity index (χ0n) is 10.3. The highest BCUT2D eigenvalue weighted by Gasteiger charge is 2.41. The Morgan fingerprint density at radius 3 is 2.72 bits per heavy atom. The van der Waals surface area contributed by atoms with E-state index in [1.807, 2.05) is 17.0 Å². The lowest BCUT2D eigenvalue weighted by atomic mass is 9.98. The van der Waals surface area contributed by atoms with Crippen LogP contribution in [-0.4, -0.2) is 28.9 Å². The van der Waals surface area contributed by atoms with Crippen LogP contribution in [0.1, 0.15) is 31.4 Å². The maximum absolute atomic E-state index is 12.2. The first-order valence-corrected chi connectivity index (χ1v) is 6.53. The standard InChI is InChI=1S/C14H18N2O2/c15-10-8-11-3-4-12(9-10)16(11)14(17)6-5-13-2-1-7-18-13/h1-2,5-7,10-12H,3-4,8-9,15H2. The number of piperidine rings is 1. The van der Waals surface area contributed by atoms with Gasteiger partial charge in [0.15, 0.2) is 0 Å². The molecule has 0 radical (unpaired) electrons. The molecule has 2 aliphatic heterocycles. The van der Waals surface area contributed by atoms with Crippen molar-refractivity contribution in [1.29, 1.82) is 0 Å². The third-order valence-electron chi connectivity index (χ3n) is 3.96. The average Bonchev–Trinajstić information content (AvgIpc) is 2.94. The van der Waals surface area contributed by atoms with Crippen LogP contribution in [0.4, 0.5) is 0 Å². The quantitative estimate of drug-likeness (QED) is 0.809. The molecule has 1 amide bonds. The summed E-state index contributed by atoms with van der Waals surface area (Å²) in [5.74, 6) is 0.801. The lowest BCUT2D eigenvalue weighted by Gasteiger charge is -2.37. The molecule has 2 saturated heterocycles. The van der Waals surface area contributed by atoms with Gasteiger partial charge in [0.25, 0.3) is 0 Å². The van der Waals surface area contributed by atoms with E-state index in [1.54, 1.807) is 18.4 Å². The number of nitrogens with zero attached hydrogens (tertiary/aromatic N) is 1. The first-order valence-electron chi connectivity index (χ1n) is 6.53. The van der Waals surface area contributed by atoms with E-state index in [2.05, 4.69) is 0 Å². The maximum Gasteiger partial charge on any atom is 0.247 e. The second-order valence-electron chi connectivity index (χ2n) is 5.21. The van der Waals surface area contributed by atoms with Crippen molar-refractivity contribution >= 4 is 12.0 Å². The summed E-state index contributed by atoms with van der Waals surface area (Å²) < 4.78 is 5.18. The van der Waals surface area contributed by atoms with Crippen LogP contribution in [0.2, 0.25) is 0 Å². The number of hydrogen-bond donors (Lipinski definition) is 1. The fourth-order valence-electron chi connectivity index (χ4n) is 3.20. The monoisotopic (exact) mass is 246 g/mol. The first kappa shape index (κ1) is 11.5. The van der Waals surface area contributed by atoms with Crippen LogP contribution < -0.4 is 5.73 Å². The second-order valence-corrected chi connectivity index (χ2v) is 5.21. The van der Waals surface area contributed by atoms with Gasteiger partial charge in [-0.3, -0.25) is 4.79 Å². The lowest BCUT2D eigenvalue weighted by Crippen LogP contribution is -2.49. The van der Waals surface area contributed by atoms with Gasteiger partial charge in [-0.25, -0.2) is 0 Å². The third kappa shape index (κ3) is 2.08. The van der Waals surface area contributed by atoms with Crippen LogP contribution in [0.25, 0.3) is 6.08 Å². The fraction of sp³-hybridized carbons (Fsp3) is 0.500. The molecule has 4 heteroatoms. The zero-order chi connectivity index (χ0) is 12.5. The van der Waals surface area contributed by atoms with E-state index in [4.69, 9.17) is 10.2 Å². The predicted molar refractivity (Wildman–Crippen MR) is 68.6 cm³/mol. The number of hydrogen-bond acceptors (Lipinski definition) is 3. The molecule has 0 spiro atoms. The molecule has 96 valence electrons. The van der Waals surface area contributed by atoms with Gasteiger partial charge in [0.1, 0.15) is 5.76 Å². The van der Waals surface area contributed by atoms with E-state index in [0.29, 0.717) is 17.8 Å². The average molecular weight is 246 g/mol. The van der Waals surface area contributed by atoms with Gasteiger partial charge in [-0.15, -0.1) is 0 Å². The van der Waals surface area contributed by atoms with E-state index in [1.165, 1.54) is 0 Å². The Morgan fingerprint density at radius 1 is 1.39 bits per heavy atom. The van der Waals surface area contributed by atoms with Gasteiger partial charge in [0, 0.05) is 24.2 Å². The number of amides is 1. The molecule has 18 heavy (non-hydrogen) atoms. The highest BCUT2D eigenvalue weighted by molar-refractivity contribution is 5.92. The largest absolute Gasteiger partial charge is 0.465 e. The number of furan rings is 1. The third-order valence-corrected chi connectivity index (χ3v) is 3.96. The minimum atomic E-state index is 0.0887. The smallest absolute Gasteiger partial charge is 0.247 e. The molecule has 2 aliphatic rings. The number of rotatable bonds is 2. The summed E-state index contributed by atoms with van der Waals surface area (Å²) in [5.41, 5.74) is 6.00. The van der Waals surface area contributed by atoms with Crippen molar-refractivity contribution in [3.63, 3.8) is 0 Å². The van der Waals surface area contributed by atoms with Crippen molar-refractivity contribution in [2.24, 2.45) is 5.73 Å². The Morgan fingerprint density at radius 2 is 2.11 bits per heavy atom. The molecule has 1 aromatic rings. The Balaban J connectivity index is 1.70. The molecule has 0 aliphatic carbocycles. The summed E-state index contributed by atoms with van der Waals surface area (Å²) >= 11 is 0. The summed E-state index contributed by atoms with van der Waals surface area (Å²) in [7, 11) is 0.